The standard InChI is InChI=1S/C17H23N3O/c1-13(2)17-19-15(12-21-17)11-20-9-4-3-7-16(20)14-6-5-8-18-10-14/h5-6,8,10,12-13,16H,3-4,7,9,11H2,1-2H3/t16-/m0/s1. The van der Waals surface area contributed by atoms with Crippen molar-refractivity contribution in [2.24, 2.45) is 0 Å². The Morgan fingerprint density at radius 1 is 1.38 bits per heavy atom. The van der Waals surface area contributed by atoms with Gasteiger partial charge in [0, 0.05) is 30.9 Å². The average molecular weight is 285 g/mol. The molecule has 0 N–H and O–H groups in total. The Kier molecular flexibility index (Phi) is 4.34. The van der Waals surface area contributed by atoms with E-state index in [1.54, 1.807) is 0 Å². The van der Waals surface area contributed by atoms with E-state index in [2.05, 4.69) is 34.8 Å². The van der Waals surface area contributed by atoms with E-state index in [0.29, 0.717) is 12.0 Å². The van der Waals surface area contributed by atoms with Crippen LogP contribution in [-0.2, 0) is 6.54 Å². The minimum atomic E-state index is 0.342. The number of hydrogen-bond donors (Lipinski definition) is 0. The van der Waals surface area contributed by atoms with Crippen LogP contribution in [0.1, 0.15) is 62.2 Å². The molecule has 1 atom stereocenters. The van der Waals surface area contributed by atoms with E-state index < -0.39 is 0 Å². The number of hydrogen-bond acceptors (Lipinski definition) is 4. The summed E-state index contributed by atoms with van der Waals surface area (Å²) in [6, 6.07) is 4.65. The quantitative estimate of drug-likeness (QED) is 0.854. The maximum atomic E-state index is 5.56. The Morgan fingerprint density at radius 3 is 3.00 bits per heavy atom. The summed E-state index contributed by atoms with van der Waals surface area (Å²) in [5.41, 5.74) is 2.35. The fourth-order valence-corrected chi connectivity index (χ4v) is 3.00. The molecule has 112 valence electrons. The zero-order valence-corrected chi connectivity index (χ0v) is 12.8. The lowest BCUT2D eigenvalue weighted by Gasteiger charge is -2.35. The molecule has 0 saturated carbocycles. The van der Waals surface area contributed by atoms with Crippen molar-refractivity contribution in [3.8, 4) is 0 Å². The molecule has 21 heavy (non-hydrogen) atoms. The summed E-state index contributed by atoms with van der Waals surface area (Å²) in [6.45, 7) is 6.18. The van der Waals surface area contributed by atoms with E-state index >= 15 is 0 Å². The zero-order valence-electron chi connectivity index (χ0n) is 12.8. The predicted octanol–water partition coefficient (Wildman–Crippen LogP) is 3.92. The average Bonchev–Trinajstić information content (AvgIpc) is 2.98. The molecule has 1 saturated heterocycles. The van der Waals surface area contributed by atoms with Crippen molar-refractivity contribution in [3.63, 3.8) is 0 Å². The van der Waals surface area contributed by atoms with Crippen molar-refractivity contribution in [1.82, 2.24) is 14.9 Å². The molecule has 1 aliphatic heterocycles. The second-order valence-electron chi connectivity index (χ2n) is 6.10. The van der Waals surface area contributed by atoms with Gasteiger partial charge in [-0.25, -0.2) is 4.98 Å². The molecule has 0 aromatic carbocycles. The van der Waals surface area contributed by atoms with Crippen molar-refractivity contribution >= 4 is 0 Å². The second kappa shape index (κ2) is 6.39. The molecule has 4 nitrogen and oxygen atoms in total. The maximum absolute atomic E-state index is 5.56. The number of likely N-dealkylation sites (tertiary alicyclic amines) is 1. The van der Waals surface area contributed by atoms with Gasteiger partial charge in [-0.15, -0.1) is 0 Å². The van der Waals surface area contributed by atoms with Gasteiger partial charge in [0.1, 0.15) is 6.26 Å². The van der Waals surface area contributed by atoms with E-state index in [9.17, 15) is 0 Å². The van der Waals surface area contributed by atoms with E-state index in [1.807, 2.05) is 24.7 Å². The van der Waals surface area contributed by atoms with Crippen molar-refractivity contribution < 1.29 is 4.42 Å². The van der Waals surface area contributed by atoms with E-state index in [0.717, 1.165) is 24.7 Å². The van der Waals surface area contributed by atoms with Crippen LogP contribution in [0, 0.1) is 0 Å². The molecule has 0 amide bonds. The summed E-state index contributed by atoms with van der Waals surface area (Å²) in [5.74, 6) is 1.18. The van der Waals surface area contributed by atoms with Gasteiger partial charge in [0.25, 0.3) is 0 Å². The Hall–Kier alpha value is -1.68. The minimum Gasteiger partial charge on any atom is -0.448 e. The molecular formula is C17H23N3O. The third-order valence-corrected chi connectivity index (χ3v) is 4.11. The molecule has 0 unspecified atom stereocenters. The van der Waals surface area contributed by atoms with Crippen LogP contribution in [0.25, 0.3) is 0 Å². The van der Waals surface area contributed by atoms with Gasteiger partial charge in [-0.3, -0.25) is 9.88 Å². The van der Waals surface area contributed by atoms with Crippen LogP contribution in [0.4, 0.5) is 0 Å². The number of piperidine rings is 1. The SMILES string of the molecule is CC(C)c1nc(CN2CCCC[C@H]2c2cccnc2)co1. The first-order valence-electron chi connectivity index (χ1n) is 7.82. The highest BCUT2D eigenvalue weighted by Crippen LogP contribution is 2.31. The fraction of sp³-hybridized carbons (Fsp3) is 0.529. The van der Waals surface area contributed by atoms with Gasteiger partial charge in [-0.1, -0.05) is 26.3 Å². The van der Waals surface area contributed by atoms with Crippen LogP contribution in [0.3, 0.4) is 0 Å². The molecule has 4 heteroatoms. The molecule has 0 aliphatic carbocycles. The highest BCUT2D eigenvalue weighted by atomic mass is 16.3. The lowest BCUT2D eigenvalue weighted by molar-refractivity contribution is 0.138. The van der Waals surface area contributed by atoms with Crippen molar-refractivity contribution in [2.75, 3.05) is 6.54 Å². The van der Waals surface area contributed by atoms with E-state index in [-0.39, 0.29) is 0 Å². The number of aromatic nitrogens is 2. The molecular weight excluding hydrogens is 262 g/mol. The number of rotatable bonds is 4. The monoisotopic (exact) mass is 285 g/mol. The summed E-state index contributed by atoms with van der Waals surface area (Å²) >= 11 is 0. The Balaban J connectivity index is 1.75. The van der Waals surface area contributed by atoms with Gasteiger partial charge in [0.2, 0.25) is 0 Å². The van der Waals surface area contributed by atoms with Gasteiger partial charge >= 0.3 is 0 Å². The van der Waals surface area contributed by atoms with Gasteiger partial charge in [-0.2, -0.15) is 0 Å². The van der Waals surface area contributed by atoms with Crippen LogP contribution < -0.4 is 0 Å². The highest BCUT2D eigenvalue weighted by molar-refractivity contribution is 5.15. The normalized spacial score (nSPS) is 20.0. The van der Waals surface area contributed by atoms with E-state index in [1.165, 1.54) is 24.8 Å². The first-order chi connectivity index (χ1) is 10.2. The summed E-state index contributed by atoms with van der Waals surface area (Å²) in [5, 5.41) is 0. The Morgan fingerprint density at radius 2 is 2.29 bits per heavy atom. The Labute approximate surface area is 126 Å². The molecule has 0 spiro atoms. The molecule has 0 radical (unpaired) electrons. The number of oxazole rings is 1. The fourth-order valence-electron chi connectivity index (χ4n) is 3.00. The smallest absolute Gasteiger partial charge is 0.196 e. The van der Waals surface area contributed by atoms with Crippen molar-refractivity contribution in [1.29, 1.82) is 0 Å². The maximum Gasteiger partial charge on any atom is 0.196 e. The molecule has 1 aliphatic rings. The lowest BCUT2D eigenvalue weighted by Crippen LogP contribution is -2.33. The Bertz CT molecular complexity index is 564. The first-order valence-corrected chi connectivity index (χ1v) is 7.82. The molecule has 2 aromatic rings. The van der Waals surface area contributed by atoms with Crippen LogP contribution in [0.15, 0.2) is 35.2 Å². The van der Waals surface area contributed by atoms with Crippen molar-refractivity contribution in [3.05, 3.63) is 47.9 Å². The predicted molar refractivity (Wildman–Crippen MR) is 81.8 cm³/mol. The molecule has 2 aromatic heterocycles. The summed E-state index contributed by atoms with van der Waals surface area (Å²) in [7, 11) is 0. The highest BCUT2D eigenvalue weighted by Gasteiger charge is 2.25. The zero-order chi connectivity index (χ0) is 14.7. The molecule has 3 heterocycles. The number of nitrogens with zero attached hydrogens (tertiary/aromatic N) is 3. The van der Waals surface area contributed by atoms with Gasteiger partial charge in [0.15, 0.2) is 5.89 Å². The summed E-state index contributed by atoms with van der Waals surface area (Å²) < 4.78 is 5.56. The van der Waals surface area contributed by atoms with Gasteiger partial charge in [-0.05, 0) is 31.0 Å². The first kappa shape index (κ1) is 14.3. The van der Waals surface area contributed by atoms with Crippen LogP contribution in [0.5, 0.6) is 0 Å². The summed E-state index contributed by atoms with van der Waals surface area (Å²) in [4.78, 5) is 11.4. The third kappa shape index (κ3) is 3.32. The lowest BCUT2D eigenvalue weighted by atomic mass is 9.96. The topological polar surface area (TPSA) is 42.2 Å². The second-order valence-corrected chi connectivity index (χ2v) is 6.10. The number of pyridine rings is 1. The van der Waals surface area contributed by atoms with Crippen LogP contribution in [0.2, 0.25) is 0 Å². The third-order valence-electron chi connectivity index (χ3n) is 4.11. The summed E-state index contributed by atoms with van der Waals surface area (Å²) in [6.07, 6.45) is 9.37. The molecule has 1 fully saturated rings. The van der Waals surface area contributed by atoms with Crippen molar-refractivity contribution in [2.45, 2.75) is 51.6 Å². The minimum absolute atomic E-state index is 0.342. The van der Waals surface area contributed by atoms with E-state index in [4.69, 9.17) is 4.42 Å². The van der Waals surface area contributed by atoms with Gasteiger partial charge in [0.05, 0.1) is 5.69 Å². The largest absolute Gasteiger partial charge is 0.448 e. The molecule has 3 rings (SSSR count). The van der Waals surface area contributed by atoms with Crippen LogP contribution >= 0.6 is 0 Å². The van der Waals surface area contributed by atoms with Crippen LogP contribution in [-0.4, -0.2) is 21.4 Å². The van der Waals surface area contributed by atoms with Gasteiger partial charge < -0.3 is 4.42 Å². The molecule has 0 bridgehead atoms.